The first-order valence-corrected chi connectivity index (χ1v) is 9.57. The Balaban J connectivity index is 1.51. The van der Waals surface area contributed by atoms with Gasteiger partial charge in [-0.15, -0.1) is 0 Å². The molecule has 1 unspecified atom stereocenters. The number of non-ortho nitro benzene ring substituents is 1. The summed E-state index contributed by atoms with van der Waals surface area (Å²) in [7, 11) is 0. The van der Waals surface area contributed by atoms with E-state index in [1.165, 1.54) is 29.2 Å². The summed E-state index contributed by atoms with van der Waals surface area (Å²) in [6, 6.07) is 20.7. The Labute approximate surface area is 177 Å². The topological polar surface area (TPSA) is 99.0 Å². The number of hydrogen-bond donors (Lipinski definition) is 0. The molecule has 3 aromatic rings. The molecule has 1 aliphatic heterocycles. The van der Waals surface area contributed by atoms with Crippen molar-refractivity contribution < 1.29 is 24.0 Å². The van der Waals surface area contributed by atoms with Crippen molar-refractivity contribution in [3.05, 3.63) is 100 Å². The molecular weight excluding hydrogens is 400 g/mol. The van der Waals surface area contributed by atoms with Gasteiger partial charge in [-0.1, -0.05) is 48.5 Å². The summed E-state index contributed by atoms with van der Waals surface area (Å²) in [5.41, 5.74) is 2.13. The van der Waals surface area contributed by atoms with E-state index in [1.807, 2.05) is 42.5 Å². The van der Waals surface area contributed by atoms with Gasteiger partial charge in [0, 0.05) is 18.6 Å². The number of carbonyl (C=O) groups is 2. The molecule has 4 rings (SSSR count). The molecule has 3 aromatic carbocycles. The van der Waals surface area contributed by atoms with Gasteiger partial charge < -0.3 is 9.47 Å². The van der Waals surface area contributed by atoms with E-state index in [-0.39, 0.29) is 24.5 Å². The van der Waals surface area contributed by atoms with Crippen molar-refractivity contribution in [2.24, 2.45) is 0 Å². The minimum atomic E-state index is -0.907. The Bertz CT molecular complexity index is 1110. The van der Waals surface area contributed by atoms with Crippen LogP contribution in [0.15, 0.2) is 78.9 Å². The molecule has 0 aromatic heterocycles. The predicted octanol–water partition coefficient (Wildman–Crippen LogP) is 4.27. The molecule has 1 atom stereocenters. The number of nitro groups is 1. The van der Waals surface area contributed by atoms with E-state index in [0.717, 1.165) is 11.1 Å². The fourth-order valence-corrected chi connectivity index (χ4v) is 3.41. The molecule has 0 spiro atoms. The molecular formula is C23H18N2O6. The van der Waals surface area contributed by atoms with Crippen molar-refractivity contribution in [1.29, 1.82) is 0 Å². The molecule has 0 saturated heterocycles. The minimum absolute atomic E-state index is 0.0719. The molecule has 0 N–H and O–H groups in total. The smallest absolute Gasteiger partial charge is 0.415 e. The van der Waals surface area contributed by atoms with Crippen LogP contribution in [-0.2, 0) is 22.6 Å². The lowest BCUT2D eigenvalue weighted by Crippen LogP contribution is -2.45. The third kappa shape index (κ3) is 4.37. The molecule has 1 heterocycles. The maximum absolute atomic E-state index is 12.9. The highest BCUT2D eigenvalue weighted by Gasteiger charge is 2.40. The van der Waals surface area contributed by atoms with E-state index in [0.29, 0.717) is 5.69 Å². The summed E-state index contributed by atoms with van der Waals surface area (Å²) in [4.78, 5) is 37.3. The van der Waals surface area contributed by atoms with Gasteiger partial charge in [-0.2, -0.15) is 0 Å². The molecule has 0 saturated carbocycles. The number of hydrogen-bond acceptors (Lipinski definition) is 6. The van der Waals surface area contributed by atoms with Crippen LogP contribution in [0.3, 0.4) is 0 Å². The van der Waals surface area contributed by atoms with Gasteiger partial charge in [0.1, 0.15) is 18.4 Å². The standard InChI is InChI=1S/C23H18N2O6/c26-22(31-19-12-10-18(11-13-19)25(28)29)21-14-17-8-4-5-9-20(17)24(21)23(27)30-15-16-6-2-1-3-7-16/h1-13,21H,14-15H2. The number of esters is 1. The maximum atomic E-state index is 12.9. The van der Waals surface area contributed by atoms with Gasteiger partial charge in [0.25, 0.3) is 5.69 Å². The zero-order valence-corrected chi connectivity index (χ0v) is 16.3. The van der Waals surface area contributed by atoms with Crippen LogP contribution in [-0.4, -0.2) is 23.0 Å². The van der Waals surface area contributed by atoms with E-state index >= 15 is 0 Å². The van der Waals surface area contributed by atoms with Crippen molar-refractivity contribution in [2.45, 2.75) is 19.1 Å². The molecule has 8 nitrogen and oxygen atoms in total. The average molecular weight is 418 g/mol. The Morgan fingerprint density at radius 1 is 0.968 bits per heavy atom. The quantitative estimate of drug-likeness (QED) is 0.266. The number of rotatable bonds is 5. The van der Waals surface area contributed by atoms with Gasteiger partial charge in [-0.25, -0.2) is 9.59 Å². The van der Waals surface area contributed by atoms with Gasteiger partial charge >= 0.3 is 12.1 Å². The van der Waals surface area contributed by atoms with Gasteiger partial charge in [0.15, 0.2) is 0 Å². The molecule has 0 fully saturated rings. The number of benzene rings is 3. The summed E-state index contributed by atoms with van der Waals surface area (Å²) in [6.45, 7) is 0.0719. The minimum Gasteiger partial charge on any atom is -0.444 e. The number of nitrogens with zero attached hydrogens (tertiary/aromatic N) is 2. The Morgan fingerprint density at radius 3 is 2.35 bits per heavy atom. The van der Waals surface area contributed by atoms with E-state index in [1.54, 1.807) is 12.1 Å². The van der Waals surface area contributed by atoms with Crippen LogP contribution in [0.4, 0.5) is 16.2 Å². The molecule has 1 aliphatic rings. The summed E-state index contributed by atoms with van der Waals surface area (Å²) in [5, 5.41) is 10.8. The lowest BCUT2D eigenvalue weighted by atomic mass is 10.1. The van der Waals surface area contributed by atoms with Gasteiger partial charge in [0.05, 0.1) is 10.6 Å². The van der Waals surface area contributed by atoms with E-state index in [4.69, 9.17) is 9.47 Å². The van der Waals surface area contributed by atoms with Crippen LogP contribution < -0.4 is 9.64 Å². The summed E-state index contributed by atoms with van der Waals surface area (Å²) in [5.74, 6) is -0.495. The number of nitro benzene ring substituents is 1. The Kier molecular flexibility index (Phi) is 5.61. The van der Waals surface area contributed by atoms with Crippen LogP contribution in [0, 0.1) is 10.1 Å². The number of para-hydroxylation sites is 1. The van der Waals surface area contributed by atoms with Crippen molar-refractivity contribution in [2.75, 3.05) is 4.90 Å². The summed E-state index contributed by atoms with van der Waals surface area (Å²) < 4.78 is 10.8. The summed E-state index contributed by atoms with van der Waals surface area (Å²) >= 11 is 0. The third-order valence-corrected chi connectivity index (χ3v) is 4.92. The Morgan fingerprint density at radius 2 is 1.65 bits per heavy atom. The van der Waals surface area contributed by atoms with Crippen LogP contribution in [0.1, 0.15) is 11.1 Å². The predicted molar refractivity (Wildman–Crippen MR) is 112 cm³/mol. The van der Waals surface area contributed by atoms with Gasteiger partial charge in [0.2, 0.25) is 0 Å². The van der Waals surface area contributed by atoms with Crippen LogP contribution in [0.25, 0.3) is 0 Å². The largest absolute Gasteiger partial charge is 0.444 e. The zero-order valence-electron chi connectivity index (χ0n) is 16.3. The second kappa shape index (κ2) is 8.66. The third-order valence-electron chi connectivity index (χ3n) is 4.92. The molecule has 0 radical (unpaired) electrons. The molecule has 0 aliphatic carbocycles. The van der Waals surface area contributed by atoms with Crippen molar-refractivity contribution in [3.8, 4) is 5.75 Å². The van der Waals surface area contributed by atoms with Crippen molar-refractivity contribution in [1.82, 2.24) is 0 Å². The van der Waals surface area contributed by atoms with Crippen LogP contribution >= 0.6 is 0 Å². The van der Waals surface area contributed by atoms with Crippen LogP contribution in [0.5, 0.6) is 5.75 Å². The van der Waals surface area contributed by atoms with Crippen LogP contribution in [0.2, 0.25) is 0 Å². The maximum Gasteiger partial charge on any atom is 0.415 e. The fraction of sp³-hybridized carbons (Fsp3) is 0.130. The van der Waals surface area contributed by atoms with Crippen molar-refractivity contribution in [3.63, 3.8) is 0 Å². The summed E-state index contributed by atoms with van der Waals surface area (Å²) in [6.07, 6.45) is -0.373. The molecule has 0 bridgehead atoms. The highest BCUT2D eigenvalue weighted by Crippen LogP contribution is 2.33. The monoisotopic (exact) mass is 418 g/mol. The van der Waals surface area contributed by atoms with Gasteiger partial charge in [-0.3, -0.25) is 15.0 Å². The number of anilines is 1. The molecule has 31 heavy (non-hydrogen) atoms. The highest BCUT2D eigenvalue weighted by molar-refractivity contribution is 5.99. The number of amides is 1. The normalized spacial score (nSPS) is 14.6. The lowest BCUT2D eigenvalue weighted by molar-refractivity contribution is -0.384. The van der Waals surface area contributed by atoms with Gasteiger partial charge in [-0.05, 0) is 29.3 Å². The second-order valence-corrected chi connectivity index (χ2v) is 6.93. The molecule has 8 heteroatoms. The SMILES string of the molecule is O=C(Oc1ccc([N+](=O)[O-])cc1)C1Cc2ccccc2N1C(=O)OCc1ccccc1. The first-order valence-electron chi connectivity index (χ1n) is 9.57. The first kappa shape index (κ1) is 20.1. The average Bonchev–Trinajstić information content (AvgIpc) is 3.18. The number of fused-ring (bicyclic) bond motifs is 1. The van der Waals surface area contributed by atoms with Crippen molar-refractivity contribution >= 4 is 23.4 Å². The number of ether oxygens (including phenoxy) is 2. The number of carbonyl (C=O) groups excluding carboxylic acids is 2. The van der Waals surface area contributed by atoms with E-state index in [2.05, 4.69) is 0 Å². The molecule has 156 valence electrons. The Hall–Kier alpha value is -4.20. The fourth-order valence-electron chi connectivity index (χ4n) is 3.41. The van der Waals surface area contributed by atoms with E-state index in [9.17, 15) is 19.7 Å². The van der Waals surface area contributed by atoms with E-state index < -0.39 is 23.0 Å². The zero-order chi connectivity index (χ0) is 21.8. The first-order chi connectivity index (χ1) is 15.0. The lowest BCUT2D eigenvalue weighted by Gasteiger charge is -2.23. The molecule has 1 amide bonds. The second-order valence-electron chi connectivity index (χ2n) is 6.93. The highest BCUT2D eigenvalue weighted by atomic mass is 16.6.